The van der Waals surface area contributed by atoms with Gasteiger partial charge in [0.15, 0.2) is 0 Å². The minimum atomic E-state index is -3.23. The van der Waals surface area contributed by atoms with Crippen molar-refractivity contribution in [2.75, 3.05) is 18.8 Å². The second kappa shape index (κ2) is 7.17. The molecule has 2 aliphatic rings. The normalized spacial score (nSPS) is 22.3. The summed E-state index contributed by atoms with van der Waals surface area (Å²) in [5, 5.41) is 11.9. The van der Waals surface area contributed by atoms with Crippen LogP contribution in [0.4, 0.5) is 0 Å². The molecule has 0 bridgehead atoms. The van der Waals surface area contributed by atoms with Crippen molar-refractivity contribution >= 4 is 21.9 Å². The molecule has 0 spiro atoms. The summed E-state index contributed by atoms with van der Waals surface area (Å²) in [4.78, 5) is 23.6. The molecule has 1 aliphatic carbocycles. The lowest BCUT2D eigenvalue weighted by Gasteiger charge is -2.40. The smallest absolute Gasteiger partial charge is 0.329 e. The van der Waals surface area contributed by atoms with Crippen molar-refractivity contribution in [3.8, 4) is 0 Å². The Morgan fingerprint density at radius 2 is 1.87 bits per heavy atom. The molecule has 1 saturated carbocycles. The first-order valence-electron chi connectivity index (χ1n) is 8.34. The molecule has 0 radical (unpaired) electrons. The highest BCUT2D eigenvalue weighted by Gasteiger charge is 2.46. The van der Waals surface area contributed by atoms with Crippen LogP contribution in [-0.4, -0.2) is 54.1 Å². The fraction of sp³-hybridized carbons (Fsp3) is 0.867. The van der Waals surface area contributed by atoms with Gasteiger partial charge in [0.25, 0.3) is 0 Å². The Labute approximate surface area is 137 Å². The van der Waals surface area contributed by atoms with E-state index in [1.54, 1.807) is 0 Å². The molecule has 1 saturated heterocycles. The van der Waals surface area contributed by atoms with Gasteiger partial charge in [0.2, 0.25) is 15.9 Å². The third kappa shape index (κ3) is 4.03. The standard InChI is InChI=1S/C15H26N2O5S/c1-2-3-11-23(21,22)17-9-5-12(6-10-17)13(18)16-15(14(19)20)7-4-8-15/h12H,2-11H2,1H3,(H,16,18)(H,19,20). The number of hydrogen-bond acceptors (Lipinski definition) is 4. The molecular weight excluding hydrogens is 320 g/mol. The monoisotopic (exact) mass is 346 g/mol. The molecule has 132 valence electrons. The molecule has 0 aromatic rings. The maximum absolute atomic E-state index is 12.3. The highest BCUT2D eigenvalue weighted by molar-refractivity contribution is 7.89. The second-order valence-corrected chi connectivity index (χ2v) is 8.66. The molecule has 1 amide bonds. The molecule has 2 rings (SSSR count). The van der Waals surface area contributed by atoms with Crippen LogP contribution in [0.15, 0.2) is 0 Å². The Morgan fingerprint density at radius 1 is 1.26 bits per heavy atom. The first kappa shape index (κ1) is 18.2. The zero-order valence-electron chi connectivity index (χ0n) is 13.6. The van der Waals surface area contributed by atoms with Crippen LogP contribution < -0.4 is 5.32 Å². The number of hydrogen-bond donors (Lipinski definition) is 2. The fourth-order valence-electron chi connectivity index (χ4n) is 3.11. The molecular formula is C15H26N2O5S. The number of sulfonamides is 1. The highest BCUT2D eigenvalue weighted by Crippen LogP contribution is 2.33. The number of unbranched alkanes of at least 4 members (excludes halogenated alkanes) is 1. The Balaban J connectivity index is 1.87. The van der Waals surface area contributed by atoms with Gasteiger partial charge in [0.1, 0.15) is 5.54 Å². The molecule has 0 aromatic heterocycles. The summed E-state index contributed by atoms with van der Waals surface area (Å²) in [5.41, 5.74) is -1.10. The van der Waals surface area contributed by atoms with Crippen LogP contribution in [-0.2, 0) is 19.6 Å². The van der Waals surface area contributed by atoms with Crippen LogP contribution in [0.25, 0.3) is 0 Å². The van der Waals surface area contributed by atoms with Gasteiger partial charge >= 0.3 is 5.97 Å². The van der Waals surface area contributed by atoms with E-state index in [1.807, 2.05) is 6.92 Å². The average Bonchev–Trinajstić information content (AvgIpc) is 2.48. The van der Waals surface area contributed by atoms with Crippen molar-refractivity contribution in [2.45, 2.75) is 57.4 Å². The predicted molar refractivity (Wildman–Crippen MR) is 85.4 cm³/mol. The lowest BCUT2D eigenvalue weighted by molar-refractivity contribution is -0.152. The lowest BCUT2D eigenvalue weighted by Crippen LogP contribution is -2.60. The van der Waals surface area contributed by atoms with Crippen molar-refractivity contribution in [3.05, 3.63) is 0 Å². The quantitative estimate of drug-likeness (QED) is 0.714. The summed E-state index contributed by atoms with van der Waals surface area (Å²) >= 11 is 0. The van der Waals surface area contributed by atoms with Gasteiger partial charge in [-0.15, -0.1) is 0 Å². The van der Waals surface area contributed by atoms with E-state index < -0.39 is 21.5 Å². The van der Waals surface area contributed by atoms with Gasteiger partial charge < -0.3 is 10.4 Å². The number of carbonyl (C=O) groups excluding carboxylic acids is 1. The lowest BCUT2D eigenvalue weighted by atomic mass is 9.76. The van der Waals surface area contributed by atoms with E-state index in [4.69, 9.17) is 0 Å². The first-order chi connectivity index (χ1) is 10.8. The number of piperidine rings is 1. The number of amides is 1. The molecule has 8 heteroatoms. The highest BCUT2D eigenvalue weighted by atomic mass is 32.2. The van der Waals surface area contributed by atoms with E-state index in [2.05, 4.69) is 5.32 Å². The zero-order valence-corrected chi connectivity index (χ0v) is 14.4. The van der Waals surface area contributed by atoms with Crippen LogP contribution in [0.5, 0.6) is 0 Å². The Morgan fingerprint density at radius 3 is 2.30 bits per heavy atom. The number of carboxylic acids is 1. The van der Waals surface area contributed by atoms with Crippen molar-refractivity contribution in [2.24, 2.45) is 5.92 Å². The number of nitrogens with one attached hydrogen (secondary N) is 1. The molecule has 23 heavy (non-hydrogen) atoms. The molecule has 2 N–H and O–H groups in total. The number of carbonyl (C=O) groups is 2. The first-order valence-corrected chi connectivity index (χ1v) is 9.95. The summed E-state index contributed by atoms with van der Waals surface area (Å²) in [6.07, 6.45) is 4.12. The van der Waals surface area contributed by atoms with Crippen LogP contribution in [0.2, 0.25) is 0 Å². The molecule has 1 heterocycles. The molecule has 0 atom stereocenters. The van der Waals surface area contributed by atoms with Gasteiger partial charge in [-0.2, -0.15) is 0 Å². The van der Waals surface area contributed by atoms with Crippen molar-refractivity contribution in [1.82, 2.24) is 9.62 Å². The predicted octanol–water partition coefficient (Wildman–Crippen LogP) is 0.952. The largest absolute Gasteiger partial charge is 0.480 e. The molecule has 0 aromatic carbocycles. The van der Waals surface area contributed by atoms with Crippen molar-refractivity contribution < 1.29 is 23.1 Å². The third-order valence-electron chi connectivity index (χ3n) is 4.95. The number of carboxylic acid groups (broad SMARTS) is 1. The fourth-order valence-corrected chi connectivity index (χ4v) is 4.79. The summed E-state index contributed by atoms with van der Waals surface area (Å²) < 4.78 is 25.7. The van der Waals surface area contributed by atoms with Gasteiger partial charge in [-0.25, -0.2) is 17.5 Å². The van der Waals surface area contributed by atoms with Crippen molar-refractivity contribution in [3.63, 3.8) is 0 Å². The Bertz CT molecular complexity index is 548. The van der Waals surface area contributed by atoms with E-state index in [-0.39, 0.29) is 17.6 Å². The van der Waals surface area contributed by atoms with Gasteiger partial charge in [0, 0.05) is 19.0 Å². The van der Waals surface area contributed by atoms with E-state index in [9.17, 15) is 23.1 Å². The summed E-state index contributed by atoms with van der Waals surface area (Å²) in [6, 6.07) is 0. The van der Waals surface area contributed by atoms with E-state index in [1.165, 1.54) is 4.31 Å². The van der Waals surface area contributed by atoms with E-state index in [0.717, 1.165) is 12.8 Å². The topological polar surface area (TPSA) is 104 Å². The minimum Gasteiger partial charge on any atom is -0.480 e. The number of nitrogens with zero attached hydrogens (tertiary/aromatic N) is 1. The molecule has 7 nitrogen and oxygen atoms in total. The van der Waals surface area contributed by atoms with Gasteiger partial charge in [-0.05, 0) is 38.5 Å². The zero-order chi connectivity index (χ0) is 17.1. The molecule has 0 unspecified atom stereocenters. The van der Waals surface area contributed by atoms with Crippen LogP contribution in [0.3, 0.4) is 0 Å². The van der Waals surface area contributed by atoms with Crippen molar-refractivity contribution in [1.29, 1.82) is 0 Å². The Hall–Kier alpha value is -1.15. The summed E-state index contributed by atoms with van der Waals surface area (Å²) in [7, 11) is -3.23. The molecule has 2 fully saturated rings. The van der Waals surface area contributed by atoms with Crippen LogP contribution >= 0.6 is 0 Å². The average molecular weight is 346 g/mol. The van der Waals surface area contributed by atoms with Crippen LogP contribution in [0, 0.1) is 5.92 Å². The second-order valence-electron chi connectivity index (χ2n) is 6.57. The SMILES string of the molecule is CCCCS(=O)(=O)N1CCC(C(=O)NC2(C(=O)O)CCC2)CC1. The minimum absolute atomic E-state index is 0.155. The summed E-state index contributed by atoms with van der Waals surface area (Å²) in [6.45, 7) is 2.62. The van der Waals surface area contributed by atoms with Gasteiger partial charge in [0.05, 0.1) is 5.75 Å². The van der Waals surface area contributed by atoms with E-state index >= 15 is 0 Å². The third-order valence-corrected chi connectivity index (χ3v) is 6.91. The van der Waals surface area contributed by atoms with Crippen LogP contribution in [0.1, 0.15) is 51.9 Å². The molecule has 1 aliphatic heterocycles. The maximum atomic E-state index is 12.3. The summed E-state index contributed by atoms with van der Waals surface area (Å²) in [5.74, 6) is -1.37. The Kier molecular flexibility index (Phi) is 5.67. The van der Waals surface area contributed by atoms with Gasteiger partial charge in [-0.3, -0.25) is 4.79 Å². The van der Waals surface area contributed by atoms with Gasteiger partial charge in [-0.1, -0.05) is 13.3 Å². The maximum Gasteiger partial charge on any atom is 0.329 e. The number of aliphatic carboxylic acids is 1. The van der Waals surface area contributed by atoms with E-state index in [0.29, 0.717) is 45.2 Å². The number of rotatable bonds is 7.